The molecule has 0 fully saturated rings. The van der Waals surface area contributed by atoms with Crippen molar-refractivity contribution in [2.75, 3.05) is 12.4 Å². The first-order valence-electron chi connectivity index (χ1n) is 7.72. The number of thiophene rings is 1. The van der Waals surface area contributed by atoms with E-state index in [4.69, 9.17) is 4.74 Å². The standard InChI is InChI=1S/C18H19BrN2O4S/c1-10-9-11(5-6-12(10)16(23)25-4)20-17(24)18(2,3)21-15(22)13-7-8-14(19)26-13/h5-9H,1-4H3,(H,20,24)(H,21,22). The lowest BCUT2D eigenvalue weighted by Gasteiger charge is -2.25. The molecule has 2 rings (SSSR count). The summed E-state index contributed by atoms with van der Waals surface area (Å²) in [6.45, 7) is 5.00. The maximum Gasteiger partial charge on any atom is 0.338 e. The second kappa shape index (κ2) is 8.01. The quantitative estimate of drug-likeness (QED) is 0.695. The predicted molar refractivity (Wildman–Crippen MR) is 105 cm³/mol. The van der Waals surface area contributed by atoms with Crippen molar-refractivity contribution in [3.05, 3.63) is 50.1 Å². The van der Waals surface area contributed by atoms with Gasteiger partial charge in [0, 0.05) is 5.69 Å². The summed E-state index contributed by atoms with van der Waals surface area (Å²) < 4.78 is 5.54. The molecule has 8 heteroatoms. The normalized spacial score (nSPS) is 11.0. The first kappa shape index (κ1) is 20.1. The number of benzene rings is 1. The molecule has 1 heterocycles. The van der Waals surface area contributed by atoms with Gasteiger partial charge in [0.2, 0.25) is 5.91 Å². The van der Waals surface area contributed by atoms with E-state index >= 15 is 0 Å². The number of rotatable bonds is 5. The molecular formula is C18H19BrN2O4S. The van der Waals surface area contributed by atoms with Crippen LogP contribution in [0.2, 0.25) is 0 Å². The van der Waals surface area contributed by atoms with Crippen LogP contribution in [0.3, 0.4) is 0 Å². The molecule has 0 saturated heterocycles. The van der Waals surface area contributed by atoms with E-state index in [0.29, 0.717) is 21.7 Å². The van der Waals surface area contributed by atoms with Crippen LogP contribution in [0.1, 0.15) is 39.4 Å². The van der Waals surface area contributed by atoms with E-state index in [1.54, 1.807) is 51.1 Å². The van der Waals surface area contributed by atoms with E-state index < -0.39 is 11.5 Å². The van der Waals surface area contributed by atoms with E-state index in [9.17, 15) is 14.4 Å². The smallest absolute Gasteiger partial charge is 0.338 e. The summed E-state index contributed by atoms with van der Waals surface area (Å²) in [6, 6.07) is 8.35. The Hall–Kier alpha value is -2.19. The van der Waals surface area contributed by atoms with Gasteiger partial charge in [0.1, 0.15) is 5.54 Å². The molecule has 0 unspecified atom stereocenters. The number of carbonyl (C=O) groups is 3. The molecule has 0 radical (unpaired) electrons. The molecule has 138 valence electrons. The van der Waals surface area contributed by atoms with Crippen molar-refractivity contribution in [1.29, 1.82) is 0 Å². The Labute approximate surface area is 164 Å². The molecular weight excluding hydrogens is 420 g/mol. The molecule has 0 aliphatic carbocycles. The number of carbonyl (C=O) groups excluding carboxylic acids is 3. The third-order valence-electron chi connectivity index (χ3n) is 3.68. The van der Waals surface area contributed by atoms with Crippen molar-refractivity contribution in [3.63, 3.8) is 0 Å². The number of ether oxygens (including phenoxy) is 1. The molecule has 2 amide bonds. The van der Waals surface area contributed by atoms with E-state index in [1.165, 1.54) is 18.4 Å². The lowest BCUT2D eigenvalue weighted by molar-refractivity contribution is -0.120. The van der Waals surface area contributed by atoms with Crippen LogP contribution in [0.25, 0.3) is 0 Å². The average molecular weight is 439 g/mol. The molecule has 0 saturated carbocycles. The molecule has 6 nitrogen and oxygen atoms in total. The van der Waals surface area contributed by atoms with Gasteiger partial charge in [-0.25, -0.2) is 4.79 Å². The van der Waals surface area contributed by atoms with E-state index in [1.807, 2.05) is 0 Å². The molecule has 0 aliphatic heterocycles. The highest BCUT2D eigenvalue weighted by Crippen LogP contribution is 2.23. The highest BCUT2D eigenvalue weighted by molar-refractivity contribution is 9.11. The van der Waals surface area contributed by atoms with Gasteiger partial charge >= 0.3 is 5.97 Å². The van der Waals surface area contributed by atoms with Crippen molar-refractivity contribution < 1.29 is 19.1 Å². The number of halogens is 1. The number of aryl methyl sites for hydroxylation is 1. The number of esters is 1. The van der Waals surface area contributed by atoms with Crippen LogP contribution in [0.15, 0.2) is 34.1 Å². The molecule has 0 atom stereocenters. The molecule has 0 aliphatic rings. The van der Waals surface area contributed by atoms with E-state index in [-0.39, 0.29) is 11.8 Å². The monoisotopic (exact) mass is 438 g/mol. The number of hydrogen-bond acceptors (Lipinski definition) is 5. The molecule has 26 heavy (non-hydrogen) atoms. The summed E-state index contributed by atoms with van der Waals surface area (Å²) in [5.74, 6) is -1.13. The van der Waals surface area contributed by atoms with Crippen molar-refractivity contribution in [3.8, 4) is 0 Å². The average Bonchev–Trinajstić information content (AvgIpc) is 3.00. The maximum atomic E-state index is 12.6. The molecule has 0 spiro atoms. The van der Waals surface area contributed by atoms with Gasteiger partial charge in [0.05, 0.1) is 21.3 Å². The van der Waals surface area contributed by atoms with Gasteiger partial charge in [0.25, 0.3) is 5.91 Å². The largest absolute Gasteiger partial charge is 0.465 e. The highest BCUT2D eigenvalue weighted by atomic mass is 79.9. The predicted octanol–water partition coefficient (Wildman–Crippen LogP) is 3.75. The molecule has 1 aromatic carbocycles. The lowest BCUT2D eigenvalue weighted by Crippen LogP contribution is -2.52. The minimum absolute atomic E-state index is 0.321. The molecule has 0 bridgehead atoms. The molecule has 1 aromatic heterocycles. The summed E-state index contributed by atoms with van der Waals surface area (Å²) in [7, 11) is 1.31. The van der Waals surface area contributed by atoms with Crippen molar-refractivity contribution in [2.24, 2.45) is 0 Å². The summed E-state index contributed by atoms with van der Waals surface area (Å²) in [5.41, 5.74) is 0.519. The number of nitrogens with one attached hydrogen (secondary N) is 2. The first-order chi connectivity index (χ1) is 12.1. The van der Waals surface area contributed by atoms with Crippen LogP contribution in [0, 0.1) is 6.92 Å². The first-order valence-corrected chi connectivity index (χ1v) is 9.33. The van der Waals surface area contributed by atoms with Gasteiger partial charge in [-0.05, 0) is 72.6 Å². The Kier molecular flexibility index (Phi) is 6.20. The van der Waals surface area contributed by atoms with Crippen LogP contribution >= 0.6 is 27.3 Å². The van der Waals surface area contributed by atoms with Gasteiger partial charge in [0.15, 0.2) is 0 Å². The van der Waals surface area contributed by atoms with Crippen LogP contribution < -0.4 is 10.6 Å². The van der Waals surface area contributed by atoms with Crippen LogP contribution in [0.5, 0.6) is 0 Å². The number of hydrogen-bond donors (Lipinski definition) is 2. The topological polar surface area (TPSA) is 84.5 Å². The van der Waals surface area contributed by atoms with Crippen molar-refractivity contribution in [1.82, 2.24) is 5.32 Å². The Balaban J connectivity index is 2.09. The zero-order valence-electron chi connectivity index (χ0n) is 14.8. The van der Waals surface area contributed by atoms with Crippen LogP contribution in [-0.2, 0) is 9.53 Å². The molecule has 2 N–H and O–H groups in total. The van der Waals surface area contributed by atoms with E-state index in [2.05, 4.69) is 26.6 Å². The number of methoxy groups -OCH3 is 1. The van der Waals surface area contributed by atoms with Gasteiger partial charge in [-0.2, -0.15) is 0 Å². The Bertz CT molecular complexity index is 861. The summed E-state index contributed by atoms with van der Waals surface area (Å²) in [4.78, 5) is 37.0. The fraction of sp³-hybridized carbons (Fsp3) is 0.278. The Morgan fingerprint density at radius 2 is 1.85 bits per heavy atom. The maximum absolute atomic E-state index is 12.6. The third kappa shape index (κ3) is 4.70. The van der Waals surface area contributed by atoms with Crippen LogP contribution in [-0.4, -0.2) is 30.4 Å². The summed E-state index contributed by atoms with van der Waals surface area (Å²) >= 11 is 4.60. The fourth-order valence-corrected chi connectivity index (χ4v) is 3.49. The van der Waals surface area contributed by atoms with Gasteiger partial charge < -0.3 is 15.4 Å². The van der Waals surface area contributed by atoms with Crippen molar-refractivity contribution in [2.45, 2.75) is 26.3 Å². The minimum atomic E-state index is -1.12. The van der Waals surface area contributed by atoms with E-state index in [0.717, 1.165) is 3.79 Å². The SMILES string of the molecule is COC(=O)c1ccc(NC(=O)C(C)(C)NC(=O)c2ccc(Br)s2)cc1C. The second-order valence-corrected chi connectivity index (χ2v) is 8.62. The Morgan fingerprint density at radius 1 is 1.15 bits per heavy atom. The second-order valence-electron chi connectivity index (χ2n) is 6.16. The summed E-state index contributed by atoms with van der Waals surface area (Å²) in [5, 5.41) is 5.48. The number of anilines is 1. The van der Waals surface area contributed by atoms with Gasteiger partial charge in [-0.1, -0.05) is 0 Å². The Morgan fingerprint density at radius 3 is 2.38 bits per heavy atom. The summed E-state index contributed by atoms with van der Waals surface area (Å²) in [6.07, 6.45) is 0. The molecule has 2 aromatic rings. The lowest BCUT2D eigenvalue weighted by atomic mass is 10.0. The zero-order chi connectivity index (χ0) is 19.5. The highest BCUT2D eigenvalue weighted by Gasteiger charge is 2.30. The van der Waals surface area contributed by atoms with Gasteiger partial charge in [-0.15, -0.1) is 11.3 Å². The third-order valence-corrected chi connectivity index (χ3v) is 5.30. The fourth-order valence-electron chi connectivity index (χ4n) is 2.21. The van der Waals surface area contributed by atoms with Gasteiger partial charge in [-0.3, -0.25) is 9.59 Å². The minimum Gasteiger partial charge on any atom is -0.465 e. The van der Waals surface area contributed by atoms with Crippen LogP contribution in [0.4, 0.5) is 5.69 Å². The van der Waals surface area contributed by atoms with Crippen molar-refractivity contribution >= 4 is 50.7 Å². The number of amides is 2. The zero-order valence-corrected chi connectivity index (χ0v) is 17.2.